The quantitative estimate of drug-likeness (QED) is 0.852. The molecule has 6 nitrogen and oxygen atoms in total. The van der Waals surface area contributed by atoms with Gasteiger partial charge in [-0.25, -0.2) is 4.79 Å². The Labute approximate surface area is 141 Å². The highest BCUT2D eigenvalue weighted by Gasteiger charge is 2.12. The molecule has 0 saturated carbocycles. The number of hydrogen-bond acceptors (Lipinski definition) is 3. The molecule has 6 heteroatoms. The molecule has 0 bridgehead atoms. The fourth-order valence-corrected chi connectivity index (χ4v) is 2.25. The minimum atomic E-state index is -0.575. The van der Waals surface area contributed by atoms with Crippen molar-refractivity contribution in [1.29, 1.82) is 0 Å². The number of benzene rings is 2. The van der Waals surface area contributed by atoms with Crippen LogP contribution in [0.25, 0.3) is 0 Å². The minimum absolute atomic E-state index is 0.0692. The first-order valence-corrected chi connectivity index (χ1v) is 7.50. The summed E-state index contributed by atoms with van der Waals surface area (Å²) in [5, 5.41) is 2.51. The number of nitrogens with zero attached hydrogens (tertiary/aromatic N) is 1. The molecule has 3 N–H and O–H groups in total. The Bertz CT molecular complexity index is 696. The summed E-state index contributed by atoms with van der Waals surface area (Å²) in [4.78, 5) is 24.8. The maximum absolute atomic E-state index is 12.5. The molecule has 126 valence electrons. The number of urea groups is 1. The van der Waals surface area contributed by atoms with Crippen LogP contribution in [0.5, 0.6) is 5.75 Å². The lowest BCUT2D eigenvalue weighted by Crippen LogP contribution is -2.28. The number of nitrogens with two attached hydrogens (primary N) is 1. The van der Waals surface area contributed by atoms with Crippen LogP contribution in [-0.2, 0) is 13.1 Å². The number of carbonyl (C=O) groups excluding carboxylic acids is 2. The Morgan fingerprint density at radius 3 is 2.17 bits per heavy atom. The molecule has 0 atom stereocenters. The van der Waals surface area contributed by atoms with Crippen molar-refractivity contribution in [3.63, 3.8) is 0 Å². The van der Waals surface area contributed by atoms with E-state index in [1.807, 2.05) is 24.3 Å². The molecule has 0 aromatic heterocycles. The number of nitrogens with one attached hydrogen (secondary N) is 1. The summed E-state index contributed by atoms with van der Waals surface area (Å²) in [5.74, 6) is 0.716. The molecule has 0 unspecified atom stereocenters. The zero-order valence-electron chi connectivity index (χ0n) is 13.8. The Hall–Kier alpha value is -3.02. The van der Waals surface area contributed by atoms with E-state index in [2.05, 4.69) is 5.32 Å². The molecule has 2 aromatic carbocycles. The lowest BCUT2D eigenvalue weighted by molar-refractivity contribution is 0.0785. The molecule has 0 aliphatic rings. The molecule has 24 heavy (non-hydrogen) atoms. The van der Waals surface area contributed by atoms with Crippen LogP contribution in [0.15, 0.2) is 48.5 Å². The van der Waals surface area contributed by atoms with E-state index < -0.39 is 6.03 Å². The SMILES string of the molecule is COc1ccc(CN(C)C(=O)c2ccc(CNC(N)=O)cc2)cc1. The normalized spacial score (nSPS) is 10.1. The van der Waals surface area contributed by atoms with E-state index in [4.69, 9.17) is 10.5 Å². The first kappa shape index (κ1) is 17.3. The van der Waals surface area contributed by atoms with Crippen LogP contribution >= 0.6 is 0 Å². The van der Waals surface area contributed by atoms with E-state index in [0.29, 0.717) is 18.7 Å². The fourth-order valence-electron chi connectivity index (χ4n) is 2.25. The van der Waals surface area contributed by atoms with Crippen molar-refractivity contribution < 1.29 is 14.3 Å². The van der Waals surface area contributed by atoms with Crippen molar-refractivity contribution in [2.24, 2.45) is 5.73 Å². The van der Waals surface area contributed by atoms with Gasteiger partial charge in [-0.05, 0) is 35.4 Å². The summed E-state index contributed by atoms with van der Waals surface area (Å²) < 4.78 is 5.12. The van der Waals surface area contributed by atoms with Gasteiger partial charge in [-0.2, -0.15) is 0 Å². The largest absolute Gasteiger partial charge is 0.497 e. The number of rotatable bonds is 6. The third-order valence-electron chi connectivity index (χ3n) is 3.59. The lowest BCUT2D eigenvalue weighted by atomic mass is 10.1. The maximum atomic E-state index is 12.5. The number of carbonyl (C=O) groups is 2. The van der Waals surface area contributed by atoms with Gasteiger partial charge in [0.25, 0.3) is 5.91 Å². The molecule has 0 fully saturated rings. The van der Waals surface area contributed by atoms with E-state index in [1.54, 1.807) is 43.3 Å². The highest BCUT2D eigenvalue weighted by Crippen LogP contribution is 2.14. The highest BCUT2D eigenvalue weighted by atomic mass is 16.5. The summed E-state index contributed by atoms with van der Waals surface area (Å²) in [7, 11) is 3.38. The molecular formula is C18H21N3O3. The van der Waals surface area contributed by atoms with E-state index in [9.17, 15) is 9.59 Å². The van der Waals surface area contributed by atoms with Crippen molar-refractivity contribution in [3.05, 3.63) is 65.2 Å². The van der Waals surface area contributed by atoms with Gasteiger partial charge in [0.15, 0.2) is 0 Å². The highest BCUT2D eigenvalue weighted by molar-refractivity contribution is 5.94. The van der Waals surface area contributed by atoms with Crippen LogP contribution in [0.2, 0.25) is 0 Å². The molecule has 0 aliphatic carbocycles. The van der Waals surface area contributed by atoms with Crippen LogP contribution < -0.4 is 15.8 Å². The number of primary amides is 1. The van der Waals surface area contributed by atoms with Crippen LogP contribution in [0, 0.1) is 0 Å². The maximum Gasteiger partial charge on any atom is 0.312 e. The second-order valence-electron chi connectivity index (χ2n) is 5.42. The molecule has 0 saturated heterocycles. The van der Waals surface area contributed by atoms with Crippen molar-refractivity contribution in [1.82, 2.24) is 10.2 Å². The fraction of sp³-hybridized carbons (Fsp3) is 0.222. The minimum Gasteiger partial charge on any atom is -0.497 e. The monoisotopic (exact) mass is 327 g/mol. The Kier molecular flexibility index (Phi) is 5.78. The average Bonchev–Trinajstić information content (AvgIpc) is 2.60. The predicted octanol–water partition coefficient (Wildman–Crippen LogP) is 2.14. The van der Waals surface area contributed by atoms with Crippen LogP contribution in [0.4, 0.5) is 4.79 Å². The van der Waals surface area contributed by atoms with Crippen LogP contribution in [0.3, 0.4) is 0 Å². The molecular weight excluding hydrogens is 306 g/mol. The topological polar surface area (TPSA) is 84.7 Å². The Balaban J connectivity index is 1.97. The van der Waals surface area contributed by atoms with Gasteiger partial charge in [-0.3, -0.25) is 4.79 Å². The van der Waals surface area contributed by atoms with Gasteiger partial charge in [-0.1, -0.05) is 24.3 Å². The summed E-state index contributed by atoms with van der Waals surface area (Å²) >= 11 is 0. The number of ether oxygens (including phenoxy) is 1. The van der Waals surface area contributed by atoms with E-state index in [0.717, 1.165) is 16.9 Å². The molecule has 0 radical (unpaired) electrons. The molecule has 0 heterocycles. The van der Waals surface area contributed by atoms with Gasteiger partial charge in [0.2, 0.25) is 0 Å². The summed E-state index contributed by atoms with van der Waals surface area (Å²) in [6.45, 7) is 0.847. The third-order valence-corrected chi connectivity index (χ3v) is 3.59. The van der Waals surface area contributed by atoms with E-state index in [1.165, 1.54) is 0 Å². The molecule has 0 aliphatic heterocycles. The first-order chi connectivity index (χ1) is 11.5. The Morgan fingerprint density at radius 1 is 1.04 bits per heavy atom. The van der Waals surface area contributed by atoms with Crippen molar-refractivity contribution in [2.45, 2.75) is 13.1 Å². The van der Waals surface area contributed by atoms with Gasteiger partial charge in [0, 0.05) is 25.7 Å². The van der Waals surface area contributed by atoms with Crippen molar-refractivity contribution >= 4 is 11.9 Å². The van der Waals surface area contributed by atoms with E-state index in [-0.39, 0.29) is 5.91 Å². The van der Waals surface area contributed by atoms with Gasteiger partial charge in [0.05, 0.1) is 7.11 Å². The van der Waals surface area contributed by atoms with Gasteiger partial charge < -0.3 is 20.7 Å². The first-order valence-electron chi connectivity index (χ1n) is 7.50. The second kappa shape index (κ2) is 8.01. The van der Waals surface area contributed by atoms with Crippen molar-refractivity contribution in [3.8, 4) is 5.75 Å². The number of methoxy groups -OCH3 is 1. The lowest BCUT2D eigenvalue weighted by Gasteiger charge is -2.18. The second-order valence-corrected chi connectivity index (χ2v) is 5.42. The van der Waals surface area contributed by atoms with Crippen LogP contribution in [0.1, 0.15) is 21.5 Å². The van der Waals surface area contributed by atoms with Gasteiger partial charge in [0.1, 0.15) is 5.75 Å². The van der Waals surface area contributed by atoms with Gasteiger partial charge >= 0.3 is 6.03 Å². The third kappa shape index (κ3) is 4.74. The molecule has 3 amide bonds. The van der Waals surface area contributed by atoms with Crippen molar-refractivity contribution in [2.75, 3.05) is 14.2 Å². The summed E-state index contributed by atoms with van der Waals surface area (Å²) in [5.41, 5.74) is 7.52. The van der Waals surface area contributed by atoms with Gasteiger partial charge in [-0.15, -0.1) is 0 Å². The molecule has 2 rings (SSSR count). The zero-order chi connectivity index (χ0) is 17.5. The summed E-state index contributed by atoms with van der Waals surface area (Å²) in [6, 6.07) is 14.1. The number of hydrogen-bond donors (Lipinski definition) is 2. The number of amides is 3. The molecule has 0 spiro atoms. The standard InChI is InChI=1S/C18H21N3O3/c1-21(12-14-5-9-16(24-2)10-6-14)17(22)15-7-3-13(4-8-15)11-20-18(19)23/h3-10H,11-12H2,1-2H3,(H3,19,20,23). The van der Waals surface area contributed by atoms with Crippen LogP contribution in [-0.4, -0.2) is 31.0 Å². The Morgan fingerprint density at radius 2 is 1.62 bits per heavy atom. The predicted molar refractivity (Wildman–Crippen MR) is 91.7 cm³/mol. The zero-order valence-corrected chi connectivity index (χ0v) is 13.8. The van der Waals surface area contributed by atoms with E-state index >= 15 is 0 Å². The molecule has 2 aromatic rings. The summed E-state index contributed by atoms with van der Waals surface area (Å²) in [6.07, 6.45) is 0. The average molecular weight is 327 g/mol. The smallest absolute Gasteiger partial charge is 0.312 e.